The second kappa shape index (κ2) is 9.84. The van der Waals surface area contributed by atoms with Gasteiger partial charge in [0.1, 0.15) is 11.4 Å². The molecule has 0 aliphatic rings. The van der Waals surface area contributed by atoms with Gasteiger partial charge in [0.25, 0.3) is 11.4 Å². The topological polar surface area (TPSA) is 94.1 Å². The van der Waals surface area contributed by atoms with Crippen molar-refractivity contribution in [3.63, 3.8) is 0 Å². The fraction of sp³-hybridized carbons (Fsp3) is 0.348. The Balaban J connectivity index is 1.65. The number of carbonyl (C=O) groups excluding carboxylic acids is 1. The highest BCUT2D eigenvalue weighted by Crippen LogP contribution is 2.35. The molecule has 0 aliphatic heterocycles. The molecule has 0 aliphatic carbocycles. The van der Waals surface area contributed by atoms with Crippen molar-refractivity contribution in [3.8, 4) is 22.2 Å². The molecule has 0 bridgehead atoms. The lowest BCUT2D eigenvalue weighted by Gasteiger charge is -2.20. The summed E-state index contributed by atoms with van der Waals surface area (Å²) in [4.78, 5) is 37.8. The number of amides is 1. The van der Waals surface area contributed by atoms with Gasteiger partial charge in [-0.3, -0.25) is 14.2 Å². The number of nitrogens with zero attached hydrogens (tertiary/aromatic N) is 5. The fourth-order valence-corrected chi connectivity index (χ4v) is 4.75. The molecule has 0 saturated carbocycles. The van der Waals surface area contributed by atoms with Crippen molar-refractivity contribution in [2.45, 2.75) is 40.2 Å². The molecule has 8 nitrogen and oxygen atoms in total. The van der Waals surface area contributed by atoms with Crippen molar-refractivity contribution >= 4 is 39.1 Å². The summed E-state index contributed by atoms with van der Waals surface area (Å²) in [5.74, 6) is 0.659. The zero-order chi connectivity index (χ0) is 23.5. The van der Waals surface area contributed by atoms with Crippen molar-refractivity contribution in [2.75, 3.05) is 13.1 Å². The maximum absolute atomic E-state index is 13.2. The lowest BCUT2D eigenvalue weighted by atomic mass is 10.2. The third-order valence-corrected chi connectivity index (χ3v) is 6.90. The Morgan fingerprint density at radius 1 is 1.24 bits per heavy atom. The van der Waals surface area contributed by atoms with E-state index in [9.17, 15) is 9.59 Å². The molecule has 1 amide bonds. The van der Waals surface area contributed by atoms with Crippen molar-refractivity contribution in [1.82, 2.24) is 24.6 Å². The molecule has 4 aromatic rings. The monoisotopic (exact) mass is 485 g/mol. The van der Waals surface area contributed by atoms with Gasteiger partial charge in [0, 0.05) is 23.7 Å². The third-order valence-electron chi connectivity index (χ3n) is 5.46. The minimum Gasteiger partial charge on any atom is -0.341 e. The van der Waals surface area contributed by atoms with Crippen molar-refractivity contribution in [3.05, 3.63) is 51.5 Å². The first kappa shape index (κ1) is 23.1. The molecular weight excluding hydrogens is 462 g/mol. The highest BCUT2D eigenvalue weighted by atomic mass is 35.5. The molecule has 4 rings (SSSR count). The molecule has 0 saturated heterocycles. The van der Waals surface area contributed by atoms with Gasteiger partial charge in [-0.1, -0.05) is 30.1 Å². The Morgan fingerprint density at radius 2 is 2.00 bits per heavy atom. The van der Waals surface area contributed by atoms with Gasteiger partial charge in [0.05, 0.1) is 16.6 Å². The van der Waals surface area contributed by atoms with Crippen molar-refractivity contribution < 1.29 is 9.32 Å². The van der Waals surface area contributed by atoms with Gasteiger partial charge in [0.2, 0.25) is 11.7 Å². The van der Waals surface area contributed by atoms with Crippen LogP contribution in [0.25, 0.3) is 32.4 Å². The standard InChI is InChI=1S/C23H24ClN5O3S/c1-4-6-11-28(5-2)17(30)12-29-13-25-22-18(23(29)31)14(3)19(33-22)21-26-20(27-32-21)15-7-9-16(24)10-8-15/h7-10,13H,4-6,11-12H2,1-3H3. The van der Waals surface area contributed by atoms with Gasteiger partial charge >= 0.3 is 0 Å². The van der Waals surface area contributed by atoms with Crippen LogP contribution in [-0.2, 0) is 11.3 Å². The smallest absolute Gasteiger partial charge is 0.268 e. The van der Waals surface area contributed by atoms with Crippen molar-refractivity contribution in [1.29, 1.82) is 0 Å². The molecule has 0 atom stereocenters. The molecule has 3 heterocycles. The molecule has 0 fully saturated rings. The van der Waals surface area contributed by atoms with Crippen LogP contribution in [-0.4, -0.2) is 43.6 Å². The molecule has 0 radical (unpaired) electrons. The Morgan fingerprint density at radius 3 is 2.70 bits per heavy atom. The SMILES string of the molecule is CCCCN(CC)C(=O)Cn1cnc2sc(-c3nc(-c4ccc(Cl)cc4)no3)c(C)c2c1=O. The minimum atomic E-state index is -0.252. The van der Waals surface area contributed by atoms with E-state index in [1.54, 1.807) is 17.0 Å². The molecule has 172 valence electrons. The number of halogens is 1. The van der Waals surface area contributed by atoms with Crippen LogP contribution in [0, 0.1) is 6.92 Å². The number of likely N-dealkylation sites (N-methyl/N-ethyl adjacent to an activating group) is 1. The second-order valence-corrected chi connectivity index (χ2v) is 9.11. The van der Waals surface area contributed by atoms with E-state index in [0.29, 0.717) is 50.5 Å². The van der Waals surface area contributed by atoms with Crippen molar-refractivity contribution in [2.24, 2.45) is 0 Å². The van der Waals surface area contributed by atoms with Crippen LogP contribution < -0.4 is 5.56 Å². The van der Waals surface area contributed by atoms with E-state index in [-0.39, 0.29) is 18.0 Å². The summed E-state index contributed by atoms with van der Waals surface area (Å²) in [5, 5.41) is 5.15. The second-order valence-electron chi connectivity index (χ2n) is 7.67. The first-order chi connectivity index (χ1) is 15.9. The van der Waals surface area contributed by atoms with E-state index in [4.69, 9.17) is 16.1 Å². The number of thiophene rings is 1. The number of fused-ring (bicyclic) bond motifs is 1. The Hall–Kier alpha value is -3.04. The number of rotatable bonds is 8. The Bertz CT molecular complexity index is 1340. The third kappa shape index (κ3) is 4.69. The molecular formula is C23H24ClN5O3S. The lowest BCUT2D eigenvalue weighted by Crippen LogP contribution is -2.37. The number of unbranched alkanes of at least 4 members (excludes halogenated alkanes) is 1. The molecule has 0 unspecified atom stereocenters. The van der Waals surface area contributed by atoms with E-state index in [1.807, 2.05) is 26.0 Å². The molecule has 10 heteroatoms. The Kier molecular flexibility index (Phi) is 6.90. The zero-order valence-electron chi connectivity index (χ0n) is 18.7. The van der Waals surface area contributed by atoms with Crippen LogP contribution in [0.2, 0.25) is 5.02 Å². The lowest BCUT2D eigenvalue weighted by molar-refractivity contribution is -0.131. The van der Waals surface area contributed by atoms with Crippen LogP contribution in [0.15, 0.2) is 39.9 Å². The molecule has 0 spiro atoms. The minimum absolute atomic E-state index is 0.0365. The average Bonchev–Trinajstić information content (AvgIpc) is 3.42. The first-order valence-corrected chi connectivity index (χ1v) is 12.0. The predicted molar refractivity (Wildman–Crippen MR) is 130 cm³/mol. The van der Waals surface area contributed by atoms with E-state index in [0.717, 1.165) is 18.4 Å². The summed E-state index contributed by atoms with van der Waals surface area (Å²) in [6.07, 6.45) is 3.37. The van der Waals surface area contributed by atoms with E-state index < -0.39 is 0 Å². The normalized spacial score (nSPS) is 11.3. The molecule has 1 aromatic carbocycles. The number of aryl methyl sites for hydroxylation is 1. The summed E-state index contributed by atoms with van der Waals surface area (Å²) < 4.78 is 6.85. The Labute approximate surface area is 199 Å². The van der Waals surface area contributed by atoms with E-state index in [1.165, 1.54) is 22.2 Å². The predicted octanol–water partition coefficient (Wildman–Crippen LogP) is 4.79. The average molecular weight is 486 g/mol. The van der Waals surface area contributed by atoms with Gasteiger partial charge < -0.3 is 9.42 Å². The number of hydrogen-bond acceptors (Lipinski definition) is 7. The maximum atomic E-state index is 13.2. The van der Waals surface area contributed by atoms with Crippen LogP contribution in [0.1, 0.15) is 32.3 Å². The van der Waals surface area contributed by atoms with Gasteiger partial charge in [-0.15, -0.1) is 11.3 Å². The van der Waals surface area contributed by atoms with E-state index in [2.05, 4.69) is 22.0 Å². The van der Waals surface area contributed by atoms with Crippen LogP contribution in [0.3, 0.4) is 0 Å². The molecule has 33 heavy (non-hydrogen) atoms. The highest BCUT2D eigenvalue weighted by Gasteiger charge is 2.21. The summed E-state index contributed by atoms with van der Waals surface area (Å²) in [6.45, 7) is 7.11. The van der Waals surface area contributed by atoms with E-state index >= 15 is 0 Å². The highest BCUT2D eigenvalue weighted by molar-refractivity contribution is 7.22. The van der Waals surface area contributed by atoms with Gasteiger partial charge in [-0.2, -0.15) is 4.98 Å². The summed E-state index contributed by atoms with van der Waals surface area (Å²) in [5.41, 5.74) is 1.23. The van der Waals surface area contributed by atoms with Crippen LogP contribution in [0.4, 0.5) is 0 Å². The summed E-state index contributed by atoms with van der Waals surface area (Å²) >= 11 is 7.26. The molecule has 0 N–H and O–H groups in total. The van der Waals surface area contributed by atoms with Gasteiger partial charge in [-0.05, 0) is 50.1 Å². The van der Waals surface area contributed by atoms with Crippen LogP contribution in [0.5, 0.6) is 0 Å². The molecule has 3 aromatic heterocycles. The number of hydrogen-bond donors (Lipinski definition) is 0. The maximum Gasteiger partial charge on any atom is 0.268 e. The fourth-order valence-electron chi connectivity index (χ4n) is 3.56. The zero-order valence-corrected chi connectivity index (χ0v) is 20.2. The van der Waals surface area contributed by atoms with Gasteiger partial charge in [-0.25, -0.2) is 4.98 Å². The van der Waals surface area contributed by atoms with Gasteiger partial charge in [0.15, 0.2) is 0 Å². The summed E-state index contributed by atoms with van der Waals surface area (Å²) in [6, 6.07) is 7.14. The number of carbonyl (C=O) groups is 1. The number of benzene rings is 1. The first-order valence-electron chi connectivity index (χ1n) is 10.8. The van der Waals surface area contributed by atoms with Crippen LogP contribution >= 0.6 is 22.9 Å². The largest absolute Gasteiger partial charge is 0.341 e. The quantitative estimate of drug-likeness (QED) is 0.356. The number of aromatic nitrogens is 4. The summed E-state index contributed by atoms with van der Waals surface area (Å²) in [7, 11) is 0.